The molecule has 2 rings (SSSR count). The van der Waals surface area contributed by atoms with Gasteiger partial charge in [-0.2, -0.15) is 0 Å². The molecule has 5 heteroatoms. The average Bonchev–Trinajstić information content (AvgIpc) is 2.48. The Balaban J connectivity index is 2.21. The molecule has 1 heterocycles. The number of carbonyl (C=O) groups excluding carboxylic acids is 1. The van der Waals surface area contributed by atoms with Crippen molar-refractivity contribution in [3.05, 3.63) is 29.3 Å². The summed E-state index contributed by atoms with van der Waals surface area (Å²) in [6.45, 7) is 1.56. The number of amides is 1. The van der Waals surface area contributed by atoms with Crippen LogP contribution >= 0.6 is 0 Å². The van der Waals surface area contributed by atoms with Gasteiger partial charge in [0.1, 0.15) is 19.0 Å². The highest BCUT2D eigenvalue weighted by Gasteiger charge is 2.20. The zero-order valence-corrected chi connectivity index (χ0v) is 11.4. The SMILES string of the molecule is COc1ccc(C#CCO)cc1CN1CCOCC1=O. The fourth-order valence-corrected chi connectivity index (χ4v) is 2.04. The molecule has 1 aromatic carbocycles. The minimum Gasteiger partial charge on any atom is -0.496 e. The van der Waals surface area contributed by atoms with Crippen LogP contribution in [-0.4, -0.2) is 49.4 Å². The van der Waals surface area contributed by atoms with Crippen molar-refractivity contribution >= 4 is 5.91 Å². The first-order valence-electron chi connectivity index (χ1n) is 6.36. The average molecular weight is 275 g/mol. The van der Waals surface area contributed by atoms with Crippen LogP contribution in [0.15, 0.2) is 18.2 Å². The Labute approximate surface area is 118 Å². The lowest BCUT2D eigenvalue weighted by Gasteiger charge is -2.27. The summed E-state index contributed by atoms with van der Waals surface area (Å²) >= 11 is 0. The fraction of sp³-hybridized carbons (Fsp3) is 0.400. The number of ether oxygens (including phenoxy) is 2. The van der Waals surface area contributed by atoms with Gasteiger partial charge < -0.3 is 19.5 Å². The van der Waals surface area contributed by atoms with Crippen LogP contribution in [0.1, 0.15) is 11.1 Å². The molecule has 0 aliphatic carbocycles. The van der Waals surface area contributed by atoms with Crippen LogP contribution < -0.4 is 4.74 Å². The first-order valence-corrected chi connectivity index (χ1v) is 6.36. The lowest BCUT2D eigenvalue weighted by atomic mass is 10.1. The van der Waals surface area contributed by atoms with Crippen LogP contribution in [0.5, 0.6) is 5.75 Å². The number of rotatable bonds is 3. The number of benzene rings is 1. The van der Waals surface area contributed by atoms with Crippen molar-refractivity contribution in [1.29, 1.82) is 0 Å². The number of hydrogen-bond donors (Lipinski definition) is 1. The summed E-state index contributed by atoms with van der Waals surface area (Å²) in [6.07, 6.45) is 0. The molecule has 0 unspecified atom stereocenters. The van der Waals surface area contributed by atoms with Crippen molar-refractivity contribution in [2.45, 2.75) is 6.54 Å². The van der Waals surface area contributed by atoms with E-state index in [1.54, 1.807) is 12.0 Å². The van der Waals surface area contributed by atoms with E-state index in [1.165, 1.54) is 0 Å². The second kappa shape index (κ2) is 6.94. The van der Waals surface area contributed by atoms with Crippen molar-refractivity contribution < 1.29 is 19.4 Å². The van der Waals surface area contributed by atoms with E-state index in [0.717, 1.165) is 16.9 Å². The monoisotopic (exact) mass is 275 g/mol. The van der Waals surface area contributed by atoms with Crippen molar-refractivity contribution in [3.8, 4) is 17.6 Å². The van der Waals surface area contributed by atoms with Gasteiger partial charge in [0, 0.05) is 24.2 Å². The lowest BCUT2D eigenvalue weighted by Crippen LogP contribution is -2.41. The molecular formula is C15H17NO4. The van der Waals surface area contributed by atoms with Crippen molar-refractivity contribution in [2.24, 2.45) is 0 Å². The van der Waals surface area contributed by atoms with Gasteiger partial charge in [-0.3, -0.25) is 4.79 Å². The molecular weight excluding hydrogens is 258 g/mol. The van der Waals surface area contributed by atoms with Gasteiger partial charge in [0.25, 0.3) is 0 Å². The van der Waals surface area contributed by atoms with E-state index in [4.69, 9.17) is 14.6 Å². The number of aliphatic hydroxyl groups excluding tert-OH is 1. The van der Waals surface area contributed by atoms with Gasteiger partial charge >= 0.3 is 0 Å². The van der Waals surface area contributed by atoms with Crippen LogP contribution in [0.25, 0.3) is 0 Å². The highest BCUT2D eigenvalue weighted by molar-refractivity contribution is 5.78. The molecule has 0 spiro atoms. The maximum atomic E-state index is 11.8. The molecule has 0 atom stereocenters. The summed E-state index contributed by atoms with van der Waals surface area (Å²) < 4.78 is 10.4. The Hall–Kier alpha value is -2.03. The molecule has 0 aromatic heterocycles. The Morgan fingerprint density at radius 1 is 1.50 bits per heavy atom. The quantitative estimate of drug-likeness (QED) is 0.811. The van der Waals surface area contributed by atoms with Gasteiger partial charge in [0.2, 0.25) is 5.91 Å². The Bertz CT molecular complexity index is 545. The fourth-order valence-electron chi connectivity index (χ4n) is 2.04. The smallest absolute Gasteiger partial charge is 0.248 e. The van der Waals surface area contributed by atoms with Crippen molar-refractivity contribution in [1.82, 2.24) is 4.90 Å². The van der Waals surface area contributed by atoms with Gasteiger partial charge in [-0.15, -0.1) is 0 Å². The number of methoxy groups -OCH3 is 1. The molecule has 1 saturated heterocycles. The molecule has 0 radical (unpaired) electrons. The summed E-state index contributed by atoms with van der Waals surface area (Å²) in [5, 5.41) is 8.73. The normalized spacial score (nSPS) is 14.7. The van der Waals surface area contributed by atoms with E-state index < -0.39 is 0 Å². The number of aliphatic hydroxyl groups is 1. The van der Waals surface area contributed by atoms with Crippen LogP contribution in [-0.2, 0) is 16.1 Å². The molecule has 0 bridgehead atoms. The number of morpholine rings is 1. The van der Waals surface area contributed by atoms with E-state index in [0.29, 0.717) is 19.7 Å². The minimum absolute atomic E-state index is 0.0230. The third-order valence-electron chi connectivity index (χ3n) is 3.04. The summed E-state index contributed by atoms with van der Waals surface area (Å²) in [5.74, 6) is 6.15. The first kappa shape index (κ1) is 14.4. The molecule has 1 amide bonds. The molecule has 1 N–H and O–H groups in total. The second-order valence-electron chi connectivity index (χ2n) is 4.35. The van der Waals surface area contributed by atoms with E-state index in [-0.39, 0.29) is 19.1 Å². The third-order valence-corrected chi connectivity index (χ3v) is 3.04. The van der Waals surface area contributed by atoms with Crippen molar-refractivity contribution in [2.75, 3.05) is 33.5 Å². The second-order valence-corrected chi connectivity index (χ2v) is 4.35. The highest BCUT2D eigenvalue weighted by atomic mass is 16.5. The van der Waals surface area contributed by atoms with Crippen LogP contribution in [0.3, 0.4) is 0 Å². The molecule has 1 fully saturated rings. The zero-order chi connectivity index (χ0) is 14.4. The summed E-state index contributed by atoms with van der Waals surface area (Å²) in [7, 11) is 1.60. The first-order chi connectivity index (χ1) is 9.74. The Morgan fingerprint density at radius 2 is 2.35 bits per heavy atom. The molecule has 1 aliphatic heterocycles. The molecule has 0 saturated carbocycles. The van der Waals surface area contributed by atoms with Crippen LogP contribution in [0.4, 0.5) is 0 Å². The maximum Gasteiger partial charge on any atom is 0.248 e. The minimum atomic E-state index is -0.177. The number of hydrogen-bond acceptors (Lipinski definition) is 4. The molecule has 20 heavy (non-hydrogen) atoms. The molecule has 1 aromatic rings. The topological polar surface area (TPSA) is 59.0 Å². The predicted molar refractivity (Wildman–Crippen MR) is 73.2 cm³/mol. The van der Waals surface area contributed by atoms with E-state index in [9.17, 15) is 4.79 Å². The number of carbonyl (C=O) groups is 1. The largest absolute Gasteiger partial charge is 0.496 e. The van der Waals surface area contributed by atoms with E-state index >= 15 is 0 Å². The van der Waals surface area contributed by atoms with E-state index in [1.807, 2.05) is 18.2 Å². The van der Waals surface area contributed by atoms with Gasteiger partial charge in [-0.1, -0.05) is 11.8 Å². The van der Waals surface area contributed by atoms with Gasteiger partial charge in [0.05, 0.1) is 13.7 Å². The van der Waals surface area contributed by atoms with Gasteiger partial charge in [-0.05, 0) is 18.2 Å². The lowest BCUT2D eigenvalue weighted by molar-refractivity contribution is -0.143. The molecule has 1 aliphatic rings. The molecule has 106 valence electrons. The number of nitrogens with zero attached hydrogens (tertiary/aromatic N) is 1. The Morgan fingerprint density at radius 3 is 3.05 bits per heavy atom. The molecule has 5 nitrogen and oxygen atoms in total. The Kier molecular flexibility index (Phi) is 4.99. The third kappa shape index (κ3) is 3.50. The van der Waals surface area contributed by atoms with Gasteiger partial charge in [-0.25, -0.2) is 0 Å². The summed E-state index contributed by atoms with van der Waals surface area (Å²) in [4.78, 5) is 13.5. The summed E-state index contributed by atoms with van der Waals surface area (Å²) in [6, 6.07) is 5.53. The van der Waals surface area contributed by atoms with Gasteiger partial charge in [0.15, 0.2) is 0 Å². The van der Waals surface area contributed by atoms with Crippen LogP contribution in [0.2, 0.25) is 0 Å². The zero-order valence-electron chi connectivity index (χ0n) is 11.4. The standard InChI is InChI=1S/C15H17NO4/c1-19-14-5-4-12(3-2-7-17)9-13(14)10-16-6-8-20-11-15(16)18/h4-5,9,17H,6-8,10-11H2,1H3. The van der Waals surface area contributed by atoms with Crippen molar-refractivity contribution in [3.63, 3.8) is 0 Å². The predicted octanol–water partition coefficient (Wildman–Crippen LogP) is 0.398. The summed E-state index contributed by atoms with van der Waals surface area (Å²) in [5.41, 5.74) is 1.68. The highest BCUT2D eigenvalue weighted by Crippen LogP contribution is 2.22. The maximum absolute atomic E-state index is 11.8. The van der Waals surface area contributed by atoms with Crippen LogP contribution in [0, 0.1) is 11.8 Å². The van der Waals surface area contributed by atoms with E-state index in [2.05, 4.69) is 11.8 Å².